The van der Waals surface area contributed by atoms with Gasteiger partial charge in [0.2, 0.25) is 5.91 Å². The highest BCUT2D eigenvalue weighted by molar-refractivity contribution is 5.91. The van der Waals surface area contributed by atoms with E-state index < -0.39 is 0 Å². The van der Waals surface area contributed by atoms with Gasteiger partial charge in [-0.1, -0.05) is 30.3 Å². The van der Waals surface area contributed by atoms with Gasteiger partial charge in [0.1, 0.15) is 0 Å². The van der Waals surface area contributed by atoms with Crippen LogP contribution in [0.1, 0.15) is 12.0 Å². The third-order valence-corrected chi connectivity index (χ3v) is 1.94. The van der Waals surface area contributed by atoms with E-state index in [-0.39, 0.29) is 11.9 Å². The highest BCUT2D eigenvalue weighted by atomic mass is 16.1. The first kappa shape index (κ1) is 17.1. The van der Waals surface area contributed by atoms with Crippen molar-refractivity contribution in [2.24, 2.45) is 16.5 Å². The molecule has 0 fully saturated rings. The molecule has 0 aliphatic carbocycles. The summed E-state index contributed by atoms with van der Waals surface area (Å²) < 4.78 is 0. The third kappa shape index (κ3) is 10.9. The Hall–Kier alpha value is -1.92. The number of nitrogens with two attached hydrogens (primary N) is 2. The molecule has 6 nitrogen and oxygen atoms in total. The normalized spacial score (nSPS) is 9.16. The third-order valence-electron chi connectivity index (χ3n) is 1.94. The lowest BCUT2D eigenvalue weighted by Crippen LogP contribution is -2.25. The standard InChI is InChI=1S/C11H16N4O.C2H7N/c12-11(13)15-10(16)6-7-14-8-9-4-2-1-3-5-9;1-3-2/h1-5,14H,6-8H2,(H4,12,13,15,16);3H,1-2H3. The Bertz CT molecular complexity index is 374. The molecule has 0 aliphatic heterocycles. The van der Waals surface area contributed by atoms with Crippen LogP contribution < -0.4 is 22.1 Å². The number of hydrogen-bond donors (Lipinski definition) is 4. The van der Waals surface area contributed by atoms with Gasteiger partial charge < -0.3 is 22.1 Å². The molecule has 106 valence electrons. The zero-order valence-electron chi connectivity index (χ0n) is 11.5. The van der Waals surface area contributed by atoms with E-state index in [2.05, 4.69) is 15.6 Å². The Morgan fingerprint density at radius 1 is 1.21 bits per heavy atom. The number of nitrogens with one attached hydrogen (secondary N) is 2. The van der Waals surface area contributed by atoms with Gasteiger partial charge in [0.15, 0.2) is 5.96 Å². The summed E-state index contributed by atoms with van der Waals surface area (Å²) in [6.45, 7) is 1.29. The number of benzene rings is 1. The van der Waals surface area contributed by atoms with E-state index in [1.165, 1.54) is 5.56 Å². The van der Waals surface area contributed by atoms with Crippen LogP contribution in [0.25, 0.3) is 0 Å². The van der Waals surface area contributed by atoms with Crippen molar-refractivity contribution in [3.05, 3.63) is 35.9 Å². The Balaban J connectivity index is 0.000000982. The summed E-state index contributed by atoms with van der Waals surface area (Å²) in [6.07, 6.45) is 0.296. The number of hydrogen-bond acceptors (Lipinski definition) is 3. The lowest BCUT2D eigenvalue weighted by molar-refractivity contribution is -0.117. The number of carbonyl (C=O) groups is 1. The molecule has 0 saturated heterocycles. The van der Waals surface area contributed by atoms with E-state index in [1.807, 2.05) is 44.4 Å². The van der Waals surface area contributed by atoms with E-state index in [4.69, 9.17) is 11.5 Å². The number of guanidine groups is 1. The number of carbonyl (C=O) groups excluding carboxylic acids is 1. The Labute approximate surface area is 114 Å². The zero-order valence-corrected chi connectivity index (χ0v) is 11.5. The molecule has 6 N–H and O–H groups in total. The molecule has 6 heteroatoms. The van der Waals surface area contributed by atoms with Crippen molar-refractivity contribution < 1.29 is 4.79 Å². The highest BCUT2D eigenvalue weighted by Crippen LogP contribution is 1.97. The minimum Gasteiger partial charge on any atom is -0.370 e. The molecule has 1 amide bonds. The summed E-state index contributed by atoms with van der Waals surface area (Å²) in [7, 11) is 3.75. The lowest BCUT2D eigenvalue weighted by Gasteiger charge is -2.02. The van der Waals surface area contributed by atoms with Crippen molar-refractivity contribution >= 4 is 11.9 Å². The molecule has 0 heterocycles. The second kappa shape index (κ2) is 11.2. The summed E-state index contributed by atoms with van der Waals surface area (Å²) in [5.41, 5.74) is 11.3. The molecule has 1 aromatic carbocycles. The largest absolute Gasteiger partial charge is 0.370 e. The Kier molecular flexibility index (Phi) is 10.1. The first-order chi connectivity index (χ1) is 9.10. The summed E-state index contributed by atoms with van der Waals surface area (Å²) in [5.74, 6) is -0.492. The van der Waals surface area contributed by atoms with E-state index in [0.29, 0.717) is 13.0 Å². The number of amides is 1. The van der Waals surface area contributed by atoms with Gasteiger partial charge in [0.05, 0.1) is 0 Å². The fraction of sp³-hybridized carbons (Fsp3) is 0.385. The maximum Gasteiger partial charge on any atom is 0.250 e. The molecule has 1 aromatic rings. The van der Waals surface area contributed by atoms with Crippen LogP contribution in [-0.2, 0) is 11.3 Å². The van der Waals surface area contributed by atoms with Crippen LogP contribution in [0.2, 0.25) is 0 Å². The van der Waals surface area contributed by atoms with Crippen LogP contribution in [-0.4, -0.2) is 32.5 Å². The first-order valence-corrected chi connectivity index (χ1v) is 6.05. The maximum atomic E-state index is 11.1. The van der Waals surface area contributed by atoms with E-state index in [9.17, 15) is 4.79 Å². The molecule has 0 bridgehead atoms. The second-order valence-corrected chi connectivity index (χ2v) is 3.84. The minimum absolute atomic E-state index is 0.187. The number of aliphatic imine (C=N–C) groups is 1. The van der Waals surface area contributed by atoms with Crippen LogP contribution in [0.5, 0.6) is 0 Å². The molecule has 0 aliphatic rings. The van der Waals surface area contributed by atoms with Gasteiger partial charge in [-0.3, -0.25) is 4.79 Å². The van der Waals surface area contributed by atoms with Crippen molar-refractivity contribution in [3.63, 3.8) is 0 Å². The highest BCUT2D eigenvalue weighted by Gasteiger charge is 1.98. The molecular formula is C13H23N5O. The van der Waals surface area contributed by atoms with Crippen molar-refractivity contribution in [2.75, 3.05) is 20.6 Å². The molecule has 0 saturated carbocycles. The SMILES string of the molecule is CNC.NC(N)=NC(=O)CCNCc1ccccc1. The zero-order chi connectivity index (χ0) is 14.5. The Morgan fingerprint density at radius 3 is 2.32 bits per heavy atom. The van der Waals surface area contributed by atoms with Gasteiger partial charge in [-0.15, -0.1) is 0 Å². The number of rotatable bonds is 5. The van der Waals surface area contributed by atoms with Gasteiger partial charge in [-0.2, -0.15) is 4.99 Å². The summed E-state index contributed by atoms with van der Waals surface area (Å²) in [5, 5.41) is 5.88. The van der Waals surface area contributed by atoms with Crippen LogP contribution in [0.4, 0.5) is 0 Å². The van der Waals surface area contributed by atoms with E-state index >= 15 is 0 Å². The molecular weight excluding hydrogens is 242 g/mol. The van der Waals surface area contributed by atoms with E-state index in [0.717, 1.165) is 6.54 Å². The average molecular weight is 265 g/mol. The molecule has 0 unspecified atom stereocenters. The predicted octanol–water partition coefficient (Wildman–Crippen LogP) is -0.198. The summed E-state index contributed by atoms with van der Waals surface area (Å²) >= 11 is 0. The van der Waals surface area contributed by atoms with Crippen molar-refractivity contribution in [3.8, 4) is 0 Å². The molecule has 1 rings (SSSR count). The summed E-state index contributed by atoms with van der Waals surface area (Å²) in [4.78, 5) is 14.5. The Morgan fingerprint density at radius 2 is 1.79 bits per heavy atom. The molecule has 0 radical (unpaired) electrons. The van der Waals surface area contributed by atoms with Gasteiger partial charge in [-0.25, -0.2) is 0 Å². The smallest absolute Gasteiger partial charge is 0.250 e. The van der Waals surface area contributed by atoms with Crippen LogP contribution in [0.15, 0.2) is 35.3 Å². The number of nitrogens with zero attached hydrogens (tertiary/aromatic N) is 1. The average Bonchev–Trinajstić information content (AvgIpc) is 2.36. The fourth-order valence-corrected chi connectivity index (χ4v) is 1.22. The fourth-order valence-electron chi connectivity index (χ4n) is 1.22. The van der Waals surface area contributed by atoms with Crippen molar-refractivity contribution in [1.82, 2.24) is 10.6 Å². The molecule has 0 atom stereocenters. The minimum atomic E-state index is -0.305. The predicted molar refractivity (Wildman–Crippen MR) is 78.6 cm³/mol. The van der Waals surface area contributed by atoms with Gasteiger partial charge in [0.25, 0.3) is 0 Å². The first-order valence-electron chi connectivity index (χ1n) is 6.05. The lowest BCUT2D eigenvalue weighted by atomic mass is 10.2. The van der Waals surface area contributed by atoms with Gasteiger partial charge >= 0.3 is 0 Å². The van der Waals surface area contributed by atoms with Crippen LogP contribution in [0.3, 0.4) is 0 Å². The maximum absolute atomic E-state index is 11.1. The summed E-state index contributed by atoms with van der Waals surface area (Å²) in [6, 6.07) is 9.95. The second-order valence-electron chi connectivity index (χ2n) is 3.84. The topological polar surface area (TPSA) is 106 Å². The van der Waals surface area contributed by atoms with Crippen LogP contribution in [0, 0.1) is 0 Å². The van der Waals surface area contributed by atoms with Gasteiger partial charge in [0, 0.05) is 19.5 Å². The molecule has 0 aromatic heterocycles. The van der Waals surface area contributed by atoms with E-state index in [1.54, 1.807) is 0 Å². The van der Waals surface area contributed by atoms with Crippen LogP contribution >= 0.6 is 0 Å². The quantitative estimate of drug-likeness (QED) is 0.335. The molecule has 19 heavy (non-hydrogen) atoms. The monoisotopic (exact) mass is 265 g/mol. The van der Waals surface area contributed by atoms with Crippen molar-refractivity contribution in [1.29, 1.82) is 0 Å². The molecule has 0 spiro atoms. The van der Waals surface area contributed by atoms with Crippen molar-refractivity contribution in [2.45, 2.75) is 13.0 Å². The van der Waals surface area contributed by atoms with Gasteiger partial charge in [-0.05, 0) is 19.7 Å².